The third-order valence-electron chi connectivity index (χ3n) is 3.63. The van der Waals surface area contributed by atoms with Crippen LogP contribution in [0.1, 0.15) is 11.1 Å². The summed E-state index contributed by atoms with van der Waals surface area (Å²) in [5, 5.41) is 4.48. The molecule has 0 fully saturated rings. The summed E-state index contributed by atoms with van der Waals surface area (Å²) in [4.78, 5) is 25.6. The molecule has 6 heteroatoms. The molecule has 1 aromatic heterocycles. The van der Waals surface area contributed by atoms with E-state index in [0.717, 1.165) is 33.7 Å². The number of rotatable bonds is 6. The maximum absolute atomic E-state index is 11.6. The summed E-state index contributed by atoms with van der Waals surface area (Å²) in [6, 6.07) is 17.3. The molecule has 0 unspecified atom stereocenters. The number of benzene rings is 2. The molecule has 3 rings (SSSR count). The van der Waals surface area contributed by atoms with Crippen LogP contribution >= 0.6 is 11.3 Å². The fourth-order valence-electron chi connectivity index (χ4n) is 2.31. The Balaban J connectivity index is 1.43. The third-order valence-corrected chi connectivity index (χ3v) is 4.30. The molecule has 0 saturated carbocycles. The lowest BCUT2D eigenvalue weighted by Crippen LogP contribution is -2.24. The van der Waals surface area contributed by atoms with Crippen molar-refractivity contribution >= 4 is 23.5 Å². The van der Waals surface area contributed by atoms with Gasteiger partial charge in [-0.05, 0) is 16.7 Å². The van der Waals surface area contributed by atoms with E-state index in [2.05, 4.69) is 10.3 Å². The summed E-state index contributed by atoms with van der Waals surface area (Å²) in [6.07, 6.45) is 3.32. The number of nitrogens with one attached hydrogen (secondary N) is 2. The molecule has 0 bridgehead atoms. The van der Waals surface area contributed by atoms with Crippen LogP contribution < -0.4 is 10.2 Å². The van der Waals surface area contributed by atoms with E-state index in [1.54, 1.807) is 5.38 Å². The zero-order valence-electron chi connectivity index (χ0n) is 14.0. The normalized spacial score (nSPS) is 10.8. The number of H-pyrrole nitrogens is 1. The fraction of sp³-hybridized carbons (Fsp3) is 0.100. The highest BCUT2D eigenvalue weighted by atomic mass is 32.1. The van der Waals surface area contributed by atoms with E-state index in [0.29, 0.717) is 6.54 Å². The number of thiazole rings is 1. The molecule has 26 heavy (non-hydrogen) atoms. The first-order valence-corrected chi connectivity index (χ1v) is 8.98. The minimum absolute atomic E-state index is 0.0609. The SMILES string of the molecule is O=C(NCC=Cc1ccc(-c2csc(=O)[nH]2)cc1)OCc1ccccc1. The molecule has 0 aliphatic heterocycles. The highest BCUT2D eigenvalue weighted by Gasteiger charge is 2.01. The van der Waals surface area contributed by atoms with E-state index < -0.39 is 6.09 Å². The van der Waals surface area contributed by atoms with E-state index in [4.69, 9.17) is 4.74 Å². The van der Waals surface area contributed by atoms with Crippen LogP contribution in [0.5, 0.6) is 0 Å². The molecule has 3 aromatic rings. The summed E-state index contributed by atoms with van der Waals surface area (Å²) in [5.41, 5.74) is 3.73. The number of aromatic amines is 1. The molecular formula is C20H18N2O3S. The van der Waals surface area contributed by atoms with Crippen molar-refractivity contribution in [2.45, 2.75) is 6.61 Å². The molecule has 5 nitrogen and oxygen atoms in total. The minimum atomic E-state index is -0.449. The van der Waals surface area contributed by atoms with Crippen LogP contribution in [0, 0.1) is 0 Å². The lowest BCUT2D eigenvalue weighted by Gasteiger charge is -2.05. The molecule has 0 aliphatic rings. The van der Waals surface area contributed by atoms with Crippen LogP contribution in [0.3, 0.4) is 0 Å². The zero-order valence-corrected chi connectivity index (χ0v) is 14.8. The van der Waals surface area contributed by atoms with Crippen molar-refractivity contribution in [2.24, 2.45) is 0 Å². The first-order chi connectivity index (χ1) is 12.7. The molecular weight excluding hydrogens is 348 g/mol. The van der Waals surface area contributed by atoms with Gasteiger partial charge in [0.15, 0.2) is 0 Å². The highest BCUT2D eigenvalue weighted by molar-refractivity contribution is 7.07. The first kappa shape index (κ1) is 17.7. The maximum Gasteiger partial charge on any atom is 0.407 e. The second kappa shape index (κ2) is 8.82. The van der Waals surface area contributed by atoms with Crippen molar-refractivity contribution in [3.8, 4) is 11.3 Å². The van der Waals surface area contributed by atoms with Crippen LogP contribution in [0.15, 0.2) is 70.8 Å². The molecule has 1 heterocycles. The highest BCUT2D eigenvalue weighted by Crippen LogP contribution is 2.18. The number of hydrogen-bond acceptors (Lipinski definition) is 4. The lowest BCUT2D eigenvalue weighted by atomic mass is 10.1. The van der Waals surface area contributed by atoms with E-state index in [9.17, 15) is 9.59 Å². The molecule has 2 aromatic carbocycles. The number of carbonyl (C=O) groups excluding carboxylic acids is 1. The van der Waals surface area contributed by atoms with Gasteiger partial charge in [-0.1, -0.05) is 78.1 Å². The van der Waals surface area contributed by atoms with Crippen molar-refractivity contribution in [1.29, 1.82) is 0 Å². The molecule has 0 radical (unpaired) electrons. The van der Waals surface area contributed by atoms with Gasteiger partial charge in [-0.15, -0.1) is 0 Å². The Hall–Kier alpha value is -3.12. The zero-order chi connectivity index (χ0) is 18.2. The lowest BCUT2D eigenvalue weighted by molar-refractivity contribution is 0.141. The van der Waals surface area contributed by atoms with Gasteiger partial charge in [-0.25, -0.2) is 4.79 Å². The Labute approximate surface area is 155 Å². The Kier molecular flexibility index (Phi) is 6.01. The van der Waals surface area contributed by atoms with Crippen molar-refractivity contribution in [3.63, 3.8) is 0 Å². The van der Waals surface area contributed by atoms with Crippen molar-refractivity contribution in [2.75, 3.05) is 6.54 Å². The molecule has 0 spiro atoms. The third kappa shape index (κ3) is 5.19. The number of amides is 1. The Morgan fingerprint density at radius 1 is 1.12 bits per heavy atom. The summed E-state index contributed by atoms with van der Waals surface area (Å²) in [7, 11) is 0. The number of carbonyl (C=O) groups is 1. The van der Waals surface area contributed by atoms with Crippen molar-refractivity contribution in [1.82, 2.24) is 10.3 Å². The molecule has 0 aliphatic carbocycles. The summed E-state index contributed by atoms with van der Waals surface area (Å²) < 4.78 is 5.14. The predicted octanol–water partition coefficient (Wildman–Crippen LogP) is 4.04. The van der Waals surface area contributed by atoms with Gasteiger partial charge in [-0.3, -0.25) is 4.79 Å². The van der Waals surface area contributed by atoms with E-state index >= 15 is 0 Å². The Morgan fingerprint density at radius 2 is 1.88 bits per heavy atom. The Morgan fingerprint density at radius 3 is 2.58 bits per heavy atom. The standard InChI is InChI=1S/C20H18N2O3S/c23-19(25-13-16-5-2-1-3-6-16)21-12-4-7-15-8-10-17(11-9-15)18-14-26-20(24)22-18/h1-11,14H,12-13H2,(H,21,23)(H,22,24). The average molecular weight is 366 g/mol. The summed E-state index contributed by atoms with van der Waals surface area (Å²) in [6.45, 7) is 0.635. The van der Waals surface area contributed by atoms with Gasteiger partial charge in [0, 0.05) is 11.9 Å². The van der Waals surface area contributed by atoms with Gasteiger partial charge >= 0.3 is 11.0 Å². The summed E-state index contributed by atoms with van der Waals surface area (Å²) >= 11 is 1.15. The molecule has 2 N–H and O–H groups in total. The fourth-order valence-corrected chi connectivity index (χ4v) is 2.90. The second-order valence-electron chi connectivity index (χ2n) is 5.53. The molecule has 0 saturated heterocycles. The van der Waals surface area contributed by atoms with E-state index in [-0.39, 0.29) is 11.5 Å². The van der Waals surface area contributed by atoms with Gasteiger partial charge in [0.05, 0.1) is 5.69 Å². The average Bonchev–Trinajstić information content (AvgIpc) is 3.11. The first-order valence-electron chi connectivity index (χ1n) is 8.10. The molecule has 1 amide bonds. The largest absolute Gasteiger partial charge is 0.445 e. The second-order valence-corrected chi connectivity index (χ2v) is 6.37. The van der Waals surface area contributed by atoms with Gasteiger partial charge in [-0.2, -0.15) is 0 Å². The van der Waals surface area contributed by atoms with E-state index in [1.807, 2.05) is 66.7 Å². The van der Waals surface area contributed by atoms with Crippen molar-refractivity contribution < 1.29 is 9.53 Å². The number of alkyl carbamates (subject to hydrolysis) is 1. The summed E-state index contributed by atoms with van der Waals surface area (Å²) in [5.74, 6) is 0. The van der Waals surface area contributed by atoms with Crippen LogP contribution in [0.4, 0.5) is 4.79 Å². The molecule has 0 atom stereocenters. The van der Waals surface area contributed by atoms with E-state index in [1.165, 1.54) is 0 Å². The quantitative estimate of drug-likeness (QED) is 0.691. The maximum atomic E-state index is 11.6. The van der Waals surface area contributed by atoms with Crippen LogP contribution in [0.2, 0.25) is 0 Å². The topological polar surface area (TPSA) is 71.2 Å². The number of ether oxygens (including phenoxy) is 1. The van der Waals surface area contributed by atoms with Crippen LogP contribution in [0.25, 0.3) is 17.3 Å². The Bertz CT molecular complexity index is 927. The smallest absolute Gasteiger partial charge is 0.407 e. The number of aromatic nitrogens is 1. The minimum Gasteiger partial charge on any atom is -0.445 e. The van der Waals surface area contributed by atoms with Gasteiger partial charge in [0.2, 0.25) is 0 Å². The number of hydrogen-bond donors (Lipinski definition) is 2. The monoisotopic (exact) mass is 366 g/mol. The van der Waals surface area contributed by atoms with Gasteiger partial charge < -0.3 is 15.0 Å². The van der Waals surface area contributed by atoms with Crippen LogP contribution in [-0.4, -0.2) is 17.6 Å². The van der Waals surface area contributed by atoms with Gasteiger partial charge in [0.1, 0.15) is 6.61 Å². The molecule has 132 valence electrons. The predicted molar refractivity (Wildman–Crippen MR) is 104 cm³/mol. The van der Waals surface area contributed by atoms with Crippen LogP contribution in [-0.2, 0) is 11.3 Å². The van der Waals surface area contributed by atoms with Crippen molar-refractivity contribution in [3.05, 3.63) is 86.8 Å². The van der Waals surface area contributed by atoms with Gasteiger partial charge in [0.25, 0.3) is 0 Å².